The summed E-state index contributed by atoms with van der Waals surface area (Å²) < 4.78 is 9.91. The van der Waals surface area contributed by atoms with E-state index in [0.29, 0.717) is 0 Å². The molecule has 4 heteroatoms. The zero-order valence-corrected chi connectivity index (χ0v) is 8.61. The summed E-state index contributed by atoms with van der Waals surface area (Å²) in [4.78, 5) is 14.3. The van der Waals surface area contributed by atoms with Gasteiger partial charge in [-0.15, -0.1) is 0 Å². The first kappa shape index (κ1) is 10.8. The van der Waals surface area contributed by atoms with E-state index in [9.17, 15) is 4.79 Å². The molecule has 1 rings (SSSR count). The average molecular weight is 197 g/mol. The number of carbonyl (C=O) groups excluding carboxylic acids is 1. The number of carbonyl (C=O) groups is 1. The molecule has 1 N–H and O–H groups in total. The highest BCUT2D eigenvalue weighted by atomic mass is 16.5. The van der Waals surface area contributed by atoms with Gasteiger partial charge in [0.1, 0.15) is 6.10 Å². The minimum absolute atomic E-state index is 0.272. The highest BCUT2D eigenvalue weighted by Gasteiger charge is 2.26. The van der Waals surface area contributed by atoms with E-state index in [2.05, 4.69) is 9.72 Å². The van der Waals surface area contributed by atoms with Gasteiger partial charge < -0.3 is 14.5 Å². The van der Waals surface area contributed by atoms with Crippen molar-refractivity contribution in [2.75, 3.05) is 14.2 Å². The fourth-order valence-corrected chi connectivity index (χ4v) is 1.43. The van der Waals surface area contributed by atoms with Gasteiger partial charge >= 0.3 is 5.97 Å². The van der Waals surface area contributed by atoms with Gasteiger partial charge in [-0.05, 0) is 19.1 Å². The van der Waals surface area contributed by atoms with E-state index in [1.165, 1.54) is 7.11 Å². The van der Waals surface area contributed by atoms with Crippen molar-refractivity contribution in [3.8, 4) is 0 Å². The average Bonchev–Trinajstić information content (AvgIpc) is 2.71. The molecule has 14 heavy (non-hydrogen) atoms. The lowest BCUT2D eigenvalue weighted by Crippen LogP contribution is -2.22. The van der Waals surface area contributed by atoms with Crippen LogP contribution in [0.1, 0.15) is 18.7 Å². The predicted molar refractivity (Wildman–Crippen MR) is 51.7 cm³/mol. The molecule has 0 saturated heterocycles. The fourth-order valence-electron chi connectivity index (χ4n) is 1.43. The standard InChI is InChI=1S/C10H15NO3/c1-7(10(12)14-3)9(13-2)8-5-4-6-11-8/h4-7,9,11H,1-3H3/t7-,9-/m1/s1. The number of hydrogen-bond acceptors (Lipinski definition) is 3. The van der Waals surface area contributed by atoms with Crippen molar-refractivity contribution in [1.82, 2.24) is 4.98 Å². The summed E-state index contributed by atoms with van der Waals surface area (Å²) >= 11 is 0. The maximum atomic E-state index is 11.3. The molecule has 0 amide bonds. The number of esters is 1. The van der Waals surface area contributed by atoms with Gasteiger partial charge in [-0.25, -0.2) is 0 Å². The third-order valence-electron chi connectivity index (χ3n) is 2.21. The van der Waals surface area contributed by atoms with E-state index >= 15 is 0 Å². The van der Waals surface area contributed by atoms with Crippen LogP contribution in [-0.2, 0) is 14.3 Å². The summed E-state index contributed by atoms with van der Waals surface area (Å²) in [6.45, 7) is 1.78. The van der Waals surface area contributed by atoms with E-state index in [0.717, 1.165) is 5.69 Å². The third kappa shape index (κ3) is 2.14. The van der Waals surface area contributed by atoms with Crippen LogP contribution in [0.15, 0.2) is 18.3 Å². The second-order valence-electron chi connectivity index (χ2n) is 3.09. The van der Waals surface area contributed by atoms with Gasteiger partial charge in [0.05, 0.1) is 13.0 Å². The Bertz CT molecular complexity index is 282. The van der Waals surface area contributed by atoms with Crippen LogP contribution in [0.5, 0.6) is 0 Å². The van der Waals surface area contributed by atoms with Crippen LogP contribution in [0, 0.1) is 5.92 Å². The topological polar surface area (TPSA) is 51.3 Å². The molecule has 0 aliphatic heterocycles. The van der Waals surface area contributed by atoms with Crippen molar-refractivity contribution in [2.24, 2.45) is 5.92 Å². The SMILES string of the molecule is COC(=O)[C@H](C)[C@@H](OC)c1ccc[nH]1. The molecule has 0 unspecified atom stereocenters. The van der Waals surface area contributed by atoms with Crippen LogP contribution in [0.4, 0.5) is 0 Å². The summed E-state index contributed by atoms with van der Waals surface area (Å²) in [6, 6.07) is 3.75. The molecule has 0 fully saturated rings. The number of nitrogens with one attached hydrogen (secondary N) is 1. The smallest absolute Gasteiger partial charge is 0.311 e. The number of hydrogen-bond donors (Lipinski definition) is 1. The van der Waals surface area contributed by atoms with Gasteiger partial charge in [0.25, 0.3) is 0 Å². The number of methoxy groups -OCH3 is 2. The first-order chi connectivity index (χ1) is 6.70. The fraction of sp³-hybridized carbons (Fsp3) is 0.500. The predicted octanol–water partition coefficient (Wildman–Crippen LogP) is 1.51. The molecule has 0 bridgehead atoms. The van der Waals surface area contributed by atoms with E-state index < -0.39 is 0 Å². The molecule has 1 aromatic rings. The Labute approximate surface area is 83.2 Å². The Balaban J connectivity index is 2.77. The molecule has 0 aliphatic rings. The Morgan fingerprint density at radius 2 is 2.21 bits per heavy atom. The van der Waals surface area contributed by atoms with Crippen molar-refractivity contribution in [3.05, 3.63) is 24.0 Å². The van der Waals surface area contributed by atoms with Crippen molar-refractivity contribution in [3.63, 3.8) is 0 Å². The maximum absolute atomic E-state index is 11.3. The molecular formula is C10H15NO3. The highest BCUT2D eigenvalue weighted by molar-refractivity contribution is 5.72. The zero-order valence-electron chi connectivity index (χ0n) is 8.61. The Morgan fingerprint density at radius 1 is 1.50 bits per heavy atom. The van der Waals surface area contributed by atoms with Gasteiger partial charge in [-0.1, -0.05) is 0 Å². The van der Waals surface area contributed by atoms with Gasteiger partial charge in [-0.3, -0.25) is 4.79 Å². The normalized spacial score (nSPS) is 14.8. The molecule has 0 aromatic carbocycles. The monoisotopic (exact) mass is 197 g/mol. The quantitative estimate of drug-likeness (QED) is 0.744. The Morgan fingerprint density at radius 3 is 2.64 bits per heavy atom. The van der Waals surface area contributed by atoms with Gasteiger partial charge in [-0.2, -0.15) is 0 Å². The number of rotatable bonds is 4. The van der Waals surface area contributed by atoms with Crippen molar-refractivity contribution in [2.45, 2.75) is 13.0 Å². The van der Waals surface area contributed by atoms with Gasteiger partial charge in [0, 0.05) is 19.0 Å². The first-order valence-corrected chi connectivity index (χ1v) is 4.44. The molecule has 78 valence electrons. The minimum atomic E-state index is -0.316. The lowest BCUT2D eigenvalue weighted by molar-refractivity contribution is -0.149. The number of aromatic nitrogens is 1. The van der Waals surface area contributed by atoms with Crippen LogP contribution in [0.2, 0.25) is 0 Å². The van der Waals surface area contributed by atoms with Crippen LogP contribution in [0.3, 0.4) is 0 Å². The largest absolute Gasteiger partial charge is 0.469 e. The highest BCUT2D eigenvalue weighted by Crippen LogP contribution is 2.24. The van der Waals surface area contributed by atoms with Crippen molar-refractivity contribution in [1.29, 1.82) is 0 Å². The zero-order chi connectivity index (χ0) is 10.6. The van der Waals surface area contributed by atoms with Crippen LogP contribution in [0.25, 0.3) is 0 Å². The second kappa shape index (κ2) is 4.81. The van der Waals surface area contributed by atoms with Crippen molar-refractivity contribution < 1.29 is 14.3 Å². The molecular weight excluding hydrogens is 182 g/mol. The summed E-state index contributed by atoms with van der Waals surface area (Å²) in [7, 11) is 2.95. The summed E-state index contributed by atoms with van der Waals surface area (Å²) in [5.74, 6) is -0.588. The third-order valence-corrected chi connectivity index (χ3v) is 2.21. The summed E-state index contributed by atoms with van der Waals surface area (Å²) in [5.41, 5.74) is 0.880. The summed E-state index contributed by atoms with van der Waals surface area (Å²) in [5, 5.41) is 0. The molecule has 0 radical (unpaired) electrons. The van der Waals surface area contributed by atoms with Crippen LogP contribution in [-0.4, -0.2) is 25.2 Å². The minimum Gasteiger partial charge on any atom is -0.469 e. The summed E-state index contributed by atoms with van der Waals surface area (Å²) in [6.07, 6.45) is 1.52. The Kier molecular flexibility index (Phi) is 3.71. The molecule has 0 saturated carbocycles. The maximum Gasteiger partial charge on any atom is 0.311 e. The molecule has 0 spiro atoms. The number of aromatic amines is 1. The second-order valence-corrected chi connectivity index (χ2v) is 3.09. The molecule has 1 aromatic heterocycles. The van der Waals surface area contributed by atoms with Gasteiger partial charge in [0.2, 0.25) is 0 Å². The number of H-pyrrole nitrogens is 1. The molecule has 4 nitrogen and oxygen atoms in total. The van der Waals surface area contributed by atoms with Crippen molar-refractivity contribution >= 4 is 5.97 Å². The van der Waals surface area contributed by atoms with Gasteiger partial charge in [0.15, 0.2) is 0 Å². The van der Waals surface area contributed by atoms with E-state index in [-0.39, 0.29) is 18.0 Å². The first-order valence-electron chi connectivity index (χ1n) is 4.44. The lowest BCUT2D eigenvalue weighted by Gasteiger charge is -2.19. The number of ether oxygens (including phenoxy) is 2. The van der Waals surface area contributed by atoms with E-state index in [1.54, 1.807) is 20.2 Å². The van der Waals surface area contributed by atoms with E-state index in [1.807, 2.05) is 12.1 Å². The van der Waals surface area contributed by atoms with E-state index in [4.69, 9.17) is 4.74 Å². The van der Waals surface area contributed by atoms with Crippen LogP contribution >= 0.6 is 0 Å². The Hall–Kier alpha value is -1.29. The molecule has 2 atom stereocenters. The molecule has 1 heterocycles. The van der Waals surface area contributed by atoms with Crippen LogP contribution < -0.4 is 0 Å². The molecule has 0 aliphatic carbocycles. The lowest BCUT2D eigenvalue weighted by atomic mass is 10.0.